The van der Waals surface area contributed by atoms with Crippen LogP contribution in [0.15, 0.2) is 42.5 Å². The fourth-order valence-electron chi connectivity index (χ4n) is 3.34. The lowest BCUT2D eigenvalue weighted by Crippen LogP contribution is -2.31. The van der Waals surface area contributed by atoms with Gasteiger partial charge < -0.3 is 19.1 Å². The average Bonchev–Trinajstić information content (AvgIpc) is 3.26. The van der Waals surface area contributed by atoms with Crippen molar-refractivity contribution in [2.75, 3.05) is 26.9 Å². The topological polar surface area (TPSA) is 65.1 Å². The van der Waals surface area contributed by atoms with Gasteiger partial charge in [-0.25, -0.2) is 4.79 Å². The van der Waals surface area contributed by atoms with E-state index in [2.05, 4.69) is 6.07 Å². The quantitative estimate of drug-likeness (QED) is 0.620. The molecular formula is C24H29NO5. The molecule has 2 aromatic carbocycles. The number of esters is 1. The van der Waals surface area contributed by atoms with E-state index >= 15 is 0 Å². The van der Waals surface area contributed by atoms with Gasteiger partial charge in [-0.05, 0) is 62.1 Å². The first-order valence-electron chi connectivity index (χ1n) is 10.2. The van der Waals surface area contributed by atoms with Gasteiger partial charge in [0.05, 0.1) is 11.7 Å². The van der Waals surface area contributed by atoms with E-state index in [1.807, 2.05) is 26.0 Å². The number of hydrogen-bond acceptors (Lipinski definition) is 5. The van der Waals surface area contributed by atoms with Crippen LogP contribution < -0.4 is 4.74 Å². The molecule has 6 heteroatoms. The van der Waals surface area contributed by atoms with Gasteiger partial charge in [-0.2, -0.15) is 0 Å². The second kappa shape index (κ2) is 10.3. The first kappa shape index (κ1) is 21.8. The van der Waals surface area contributed by atoms with E-state index in [9.17, 15) is 9.59 Å². The molecule has 1 fully saturated rings. The maximum Gasteiger partial charge on any atom is 0.338 e. The van der Waals surface area contributed by atoms with E-state index in [1.54, 1.807) is 36.2 Å². The molecule has 1 atom stereocenters. The predicted octanol–water partition coefficient (Wildman–Crippen LogP) is 3.68. The molecule has 0 saturated carbocycles. The third kappa shape index (κ3) is 6.07. The third-order valence-corrected chi connectivity index (χ3v) is 5.21. The predicted molar refractivity (Wildman–Crippen MR) is 114 cm³/mol. The van der Waals surface area contributed by atoms with Gasteiger partial charge >= 0.3 is 5.97 Å². The van der Waals surface area contributed by atoms with Gasteiger partial charge in [0, 0.05) is 20.2 Å². The van der Waals surface area contributed by atoms with Crippen molar-refractivity contribution in [2.45, 2.75) is 39.3 Å². The largest absolute Gasteiger partial charge is 0.491 e. The number of nitrogens with zero attached hydrogens (tertiary/aromatic N) is 1. The normalized spacial score (nSPS) is 15.6. The van der Waals surface area contributed by atoms with Crippen LogP contribution in [-0.4, -0.2) is 49.7 Å². The molecule has 1 saturated heterocycles. The number of benzene rings is 2. The van der Waals surface area contributed by atoms with Gasteiger partial charge in [-0.1, -0.05) is 23.8 Å². The molecule has 1 amide bonds. The summed E-state index contributed by atoms with van der Waals surface area (Å²) in [5, 5.41) is 0. The number of hydrogen-bond donors (Lipinski definition) is 0. The summed E-state index contributed by atoms with van der Waals surface area (Å²) in [5.41, 5.74) is 3.77. The lowest BCUT2D eigenvalue weighted by molar-refractivity contribution is -0.133. The van der Waals surface area contributed by atoms with Crippen molar-refractivity contribution in [2.24, 2.45) is 0 Å². The fourth-order valence-corrected chi connectivity index (χ4v) is 3.34. The zero-order valence-corrected chi connectivity index (χ0v) is 17.8. The summed E-state index contributed by atoms with van der Waals surface area (Å²) in [6.07, 6.45) is 2.22. The van der Waals surface area contributed by atoms with E-state index in [-0.39, 0.29) is 18.6 Å². The Hall–Kier alpha value is -2.86. The molecule has 3 rings (SSSR count). The minimum Gasteiger partial charge on any atom is -0.491 e. The Morgan fingerprint density at radius 3 is 2.57 bits per heavy atom. The van der Waals surface area contributed by atoms with Crippen LogP contribution in [0.4, 0.5) is 0 Å². The van der Waals surface area contributed by atoms with Crippen LogP contribution in [0.25, 0.3) is 0 Å². The molecule has 1 aliphatic heterocycles. The standard InChI is InChI=1S/C24H29NO5/c1-17-6-7-20(18(2)13-17)14-25(3)23(26)16-30-24(27)19-8-10-21(11-9-19)29-15-22-5-4-12-28-22/h6-11,13,22H,4-5,12,14-16H2,1-3H3/t22-/m0/s1. The Morgan fingerprint density at radius 2 is 1.90 bits per heavy atom. The molecule has 1 aliphatic rings. The van der Waals surface area contributed by atoms with E-state index < -0.39 is 5.97 Å². The van der Waals surface area contributed by atoms with Crippen LogP contribution in [-0.2, 0) is 20.8 Å². The first-order chi connectivity index (χ1) is 14.4. The molecule has 160 valence electrons. The molecule has 6 nitrogen and oxygen atoms in total. The summed E-state index contributed by atoms with van der Waals surface area (Å²) in [5.74, 6) is -0.111. The molecule has 30 heavy (non-hydrogen) atoms. The van der Waals surface area contributed by atoms with Crippen LogP contribution in [0.2, 0.25) is 0 Å². The van der Waals surface area contributed by atoms with Crippen molar-refractivity contribution in [3.63, 3.8) is 0 Å². The highest BCUT2D eigenvalue weighted by Crippen LogP contribution is 2.17. The van der Waals surface area contributed by atoms with Crippen molar-refractivity contribution in [3.8, 4) is 5.75 Å². The van der Waals surface area contributed by atoms with E-state index in [1.165, 1.54) is 5.56 Å². The van der Waals surface area contributed by atoms with Gasteiger partial charge in [-0.3, -0.25) is 4.79 Å². The van der Waals surface area contributed by atoms with Crippen molar-refractivity contribution in [1.82, 2.24) is 4.90 Å². The van der Waals surface area contributed by atoms with E-state index in [0.29, 0.717) is 24.5 Å². The second-order valence-electron chi connectivity index (χ2n) is 7.73. The minimum atomic E-state index is -0.533. The summed E-state index contributed by atoms with van der Waals surface area (Å²) in [4.78, 5) is 26.2. The third-order valence-electron chi connectivity index (χ3n) is 5.21. The lowest BCUT2D eigenvalue weighted by Gasteiger charge is -2.18. The Bertz CT molecular complexity index is 872. The maximum absolute atomic E-state index is 12.3. The summed E-state index contributed by atoms with van der Waals surface area (Å²) in [6.45, 7) is 5.53. The number of aryl methyl sites for hydroxylation is 2. The zero-order valence-electron chi connectivity index (χ0n) is 17.8. The summed E-state index contributed by atoms with van der Waals surface area (Å²) >= 11 is 0. The summed E-state index contributed by atoms with van der Waals surface area (Å²) in [7, 11) is 1.70. The zero-order chi connectivity index (χ0) is 21.5. The Labute approximate surface area is 177 Å². The van der Waals surface area contributed by atoms with E-state index in [4.69, 9.17) is 14.2 Å². The maximum atomic E-state index is 12.3. The lowest BCUT2D eigenvalue weighted by atomic mass is 10.1. The van der Waals surface area contributed by atoms with E-state index in [0.717, 1.165) is 30.6 Å². The van der Waals surface area contributed by atoms with Gasteiger partial charge in [0.15, 0.2) is 6.61 Å². The van der Waals surface area contributed by atoms with Gasteiger partial charge in [0.25, 0.3) is 5.91 Å². The van der Waals surface area contributed by atoms with Crippen LogP contribution in [0.5, 0.6) is 5.75 Å². The summed E-state index contributed by atoms with van der Waals surface area (Å²) in [6, 6.07) is 12.8. The van der Waals surface area contributed by atoms with Crippen LogP contribution in [0, 0.1) is 13.8 Å². The molecule has 0 radical (unpaired) electrons. The summed E-state index contributed by atoms with van der Waals surface area (Å²) < 4.78 is 16.4. The number of rotatable bonds is 8. The first-order valence-corrected chi connectivity index (χ1v) is 10.2. The molecule has 0 spiro atoms. The van der Waals surface area contributed by atoms with Crippen molar-refractivity contribution >= 4 is 11.9 Å². The second-order valence-corrected chi connectivity index (χ2v) is 7.73. The monoisotopic (exact) mass is 411 g/mol. The molecular weight excluding hydrogens is 382 g/mol. The highest BCUT2D eigenvalue weighted by atomic mass is 16.5. The minimum absolute atomic E-state index is 0.140. The highest BCUT2D eigenvalue weighted by molar-refractivity contribution is 5.91. The van der Waals surface area contributed by atoms with Crippen LogP contribution in [0.3, 0.4) is 0 Å². The SMILES string of the molecule is Cc1ccc(CN(C)C(=O)COC(=O)c2ccc(OC[C@@H]3CCCO3)cc2)c(C)c1. The molecule has 1 heterocycles. The number of carbonyl (C=O) groups is 2. The average molecular weight is 411 g/mol. The Balaban J connectivity index is 1.45. The molecule has 2 aromatic rings. The Morgan fingerprint density at radius 1 is 1.13 bits per heavy atom. The van der Waals surface area contributed by atoms with Crippen molar-refractivity contribution in [3.05, 3.63) is 64.7 Å². The van der Waals surface area contributed by atoms with Gasteiger partial charge in [0.2, 0.25) is 0 Å². The molecule has 0 N–H and O–H groups in total. The molecule has 0 aliphatic carbocycles. The van der Waals surface area contributed by atoms with Gasteiger partial charge in [-0.15, -0.1) is 0 Å². The van der Waals surface area contributed by atoms with Crippen molar-refractivity contribution in [1.29, 1.82) is 0 Å². The van der Waals surface area contributed by atoms with Crippen molar-refractivity contribution < 1.29 is 23.8 Å². The number of carbonyl (C=O) groups excluding carboxylic acids is 2. The molecule has 0 aromatic heterocycles. The smallest absolute Gasteiger partial charge is 0.338 e. The van der Waals surface area contributed by atoms with Crippen LogP contribution in [0.1, 0.15) is 39.9 Å². The number of ether oxygens (including phenoxy) is 3. The molecule has 0 bridgehead atoms. The van der Waals surface area contributed by atoms with Gasteiger partial charge in [0.1, 0.15) is 12.4 Å². The highest BCUT2D eigenvalue weighted by Gasteiger charge is 2.17. The number of likely N-dealkylation sites (N-methyl/N-ethyl adjacent to an activating group) is 1. The Kier molecular flexibility index (Phi) is 7.46. The van der Waals surface area contributed by atoms with Crippen LogP contribution >= 0.6 is 0 Å². The fraction of sp³-hybridized carbons (Fsp3) is 0.417. The number of amides is 1. The molecule has 0 unspecified atom stereocenters.